The van der Waals surface area contributed by atoms with Crippen LogP contribution in [0.15, 0.2) is 42.7 Å². The van der Waals surface area contributed by atoms with E-state index < -0.39 is 11.9 Å². The summed E-state index contributed by atoms with van der Waals surface area (Å²) < 4.78 is 1.09. The number of carbonyl (C=O) groups excluding carboxylic acids is 2. The number of hydrogen-bond acceptors (Lipinski definition) is 4. The molecule has 0 saturated heterocycles. The van der Waals surface area contributed by atoms with Crippen LogP contribution in [0.5, 0.6) is 0 Å². The molecule has 6 nitrogen and oxygen atoms in total. The molecule has 1 heterocycles. The second kappa shape index (κ2) is 6.47. The molecule has 0 radical (unpaired) electrons. The van der Waals surface area contributed by atoms with E-state index in [4.69, 9.17) is 17.3 Å². The summed E-state index contributed by atoms with van der Waals surface area (Å²) in [4.78, 5) is 26.9. The largest absolute Gasteiger partial charge is 0.366 e. The normalized spacial score (nSPS) is 10.0. The van der Waals surface area contributed by atoms with Crippen LogP contribution < -0.4 is 15.4 Å². The van der Waals surface area contributed by atoms with Gasteiger partial charge in [0, 0.05) is 11.8 Å². The fourth-order valence-electron chi connectivity index (χ4n) is 1.54. The summed E-state index contributed by atoms with van der Waals surface area (Å²) >= 11 is 9.89. The van der Waals surface area contributed by atoms with Gasteiger partial charge in [-0.2, -0.15) is 0 Å². The third kappa shape index (κ3) is 3.87. The van der Waals surface area contributed by atoms with Gasteiger partial charge >= 0.3 is 6.03 Å². The Labute approximate surface area is 131 Å². The fraction of sp³-hybridized carbons (Fsp3) is 0. The van der Waals surface area contributed by atoms with Crippen LogP contribution >= 0.6 is 24.4 Å². The number of pyridine rings is 1. The van der Waals surface area contributed by atoms with E-state index in [9.17, 15) is 9.59 Å². The maximum Gasteiger partial charge on any atom is 0.336 e. The Morgan fingerprint density at radius 3 is 2.48 bits per heavy atom. The van der Waals surface area contributed by atoms with E-state index in [1.807, 2.05) is 0 Å². The molecule has 3 N–H and O–H groups in total. The van der Waals surface area contributed by atoms with Gasteiger partial charge in [0.2, 0.25) is 5.91 Å². The summed E-state index contributed by atoms with van der Waals surface area (Å²) in [6.45, 7) is 0. The maximum atomic E-state index is 12.0. The first-order chi connectivity index (χ1) is 9.97. The van der Waals surface area contributed by atoms with Gasteiger partial charge in [-0.1, -0.05) is 24.4 Å². The van der Waals surface area contributed by atoms with E-state index in [0.717, 1.165) is 4.31 Å². The standard InChI is InChI=1S/C13H11ClN4O2S/c14-9-5-10(7-16-6-9)17-13(20)18(21)11-3-1-8(2-4-11)12(15)19/h1-7,21H,(H2,15,19)(H,17,20). The highest BCUT2D eigenvalue weighted by Gasteiger charge is 2.13. The zero-order valence-electron chi connectivity index (χ0n) is 10.7. The van der Waals surface area contributed by atoms with Crippen molar-refractivity contribution in [3.05, 3.63) is 53.3 Å². The Hall–Kier alpha value is -2.25. The minimum absolute atomic E-state index is 0.347. The molecule has 0 aliphatic carbocycles. The van der Waals surface area contributed by atoms with Gasteiger partial charge in [0.15, 0.2) is 0 Å². The van der Waals surface area contributed by atoms with Crippen molar-refractivity contribution in [3.8, 4) is 0 Å². The Morgan fingerprint density at radius 1 is 1.24 bits per heavy atom. The lowest BCUT2D eigenvalue weighted by molar-refractivity contribution is 0.100. The number of nitrogens with zero attached hydrogens (tertiary/aromatic N) is 2. The van der Waals surface area contributed by atoms with Gasteiger partial charge in [0.25, 0.3) is 0 Å². The predicted octanol–water partition coefficient (Wildman–Crippen LogP) is 2.72. The van der Waals surface area contributed by atoms with Crippen LogP contribution in [0.1, 0.15) is 10.4 Å². The minimum atomic E-state index is -0.540. The lowest BCUT2D eigenvalue weighted by atomic mass is 10.2. The summed E-state index contributed by atoms with van der Waals surface area (Å²) in [6.07, 6.45) is 2.92. The molecule has 1 aromatic carbocycles. The van der Waals surface area contributed by atoms with Gasteiger partial charge in [-0.15, -0.1) is 0 Å². The first-order valence-electron chi connectivity index (χ1n) is 5.78. The molecular formula is C13H11ClN4O2S. The molecule has 0 unspecified atom stereocenters. The minimum Gasteiger partial charge on any atom is -0.366 e. The average Bonchev–Trinajstić information content (AvgIpc) is 2.46. The van der Waals surface area contributed by atoms with Crippen molar-refractivity contribution in [2.75, 3.05) is 9.62 Å². The molecule has 0 spiro atoms. The van der Waals surface area contributed by atoms with E-state index in [-0.39, 0.29) is 0 Å². The fourth-order valence-corrected chi connectivity index (χ4v) is 1.90. The molecule has 0 saturated carbocycles. The van der Waals surface area contributed by atoms with Crippen LogP contribution in [0, 0.1) is 0 Å². The molecule has 21 heavy (non-hydrogen) atoms. The first kappa shape index (κ1) is 15.1. The lowest BCUT2D eigenvalue weighted by Crippen LogP contribution is -2.26. The van der Waals surface area contributed by atoms with Crippen LogP contribution in [-0.4, -0.2) is 16.9 Å². The monoisotopic (exact) mass is 322 g/mol. The Bertz CT molecular complexity index is 678. The number of urea groups is 1. The number of hydrogen-bond donors (Lipinski definition) is 3. The van der Waals surface area contributed by atoms with Crippen LogP contribution in [0.25, 0.3) is 0 Å². The number of carbonyl (C=O) groups is 2. The molecular weight excluding hydrogens is 312 g/mol. The van der Waals surface area contributed by atoms with E-state index in [1.165, 1.54) is 24.5 Å². The number of halogens is 1. The van der Waals surface area contributed by atoms with Gasteiger partial charge < -0.3 is 11.1 Å². The third-order valence-corrected chi connectivity index (χ3v) is 3.16. The SMILES string of the molecule is NC(=O)c1ccc(N(S)C(=O)Nc2cncc(Cl)c2)cc1. The lowest BCUT2D eigenvalue weighted by Gasteiger charge is -2.16. The van der Waals surface area contributed by atoms with E-state index in [1.54, 1.807) is 18.2 Å². The first-order valence-corrected chi connectivity index (χ1v) is 6.55. The number of thiol groups is 1. The van der Waals surface area contributed by atoms with E-state index >= 15 is 0 Å². The summed E-state index contributed by atoms with van der Waals surface area (Å²) in [7, 11) is 0. The number of benzene rings is 1. The van der Waals surface area contributed by atoms with Crippen molar-refractivity contribution in [2.24, 2.45) is 5.73 Å². The van der Waals surface area contributed by atoms with E-state index in [2.05, 4.69) is 23.1 Å². The maximum absolute atomic E-state index is 12.0. The summed E-state index contributed by atoms with van der Waals surface area (Å²) in [5, 5.41) is 3.00. The molecule has 0 atom stereocenters. The molecule has 2 aromatic rings. The Kier molecular flexibility index (Phi) is 4.66. The highest BCUT2D eigenvalue weighted by atomic mass is 35.5. The third-order valence-electron chi connectivity index (χ3n) is 2.54. The average molecular weight is 323 g/mol. The predicted molar refractivity (Wildman–Crippen MR) is 84.7 cm³/mol. The Morgan fingerprint density at radius 2 is 1.90 bits per heavy atom. The summed E-state index contributed by atoms with van der Waals surface area (Å²) in [6, 6.07) is 7.20. The molecule has 2 rings (SSSR count). The summed E-state index contributed by atoms with van der Waals surface area (Å²) in [5.74, 6) is -0.540. The van der Waals surface area contributed by atoms with Crippen LogP contribution in [0.4, 0.5) is 16.2 Å². The van der Waals surface area contributed by atoms with Crippen molar-refractivity contribution in [3.63, 3.8) is 0 Å². The zero-order chi connectivity index (χ0) is 15.4. The number of primary amides is 1. The van der Waals surface area contributed by atoms with Crippen LogP contribution in [0.3, 0.4) is 0 Å². The smallest absolute Gasteiger partial charge is 0.336 e. The highest BCUT2D eigenvalue weighted by Crippen LogP contribution is 2.19. The molecule has 0 bridgehead atoms. The number of anilines is 2. The number of nitrogens with two attached hydrogens (primary N) is 1. The highest BCUT2D eigenvalue weighted by molar-refractivity contribution is 7.82. The molecule has 108 valence electrons. The molecule has 1 aromatic heterocycles. The topological polar surface area (TPSA) is 88.3 Å². The van der Waals surface area contributed by atoms with Crippen molar-refractivity contribution >= 4 is 47.7 Å². The number of amides is 3. The molecule has 8 heteroatoms. The second-order valence-corrected chi connectivity index (χ2v) is 4.88. The molecule has 3 amide bonds. The summed E-state index contributed by atoms with van der Waals surface area (Å²) in [5.41, 5.74) is 6.42. The van der Waals surface area contributed by atoms with Gasteiger partial charge in [0.05, 0.1) is 22.6 Å². The van der Waals surface area contributed by atoms with Crippen LogP contribution in [0.2, 0.25) is 5.02 Å². The number of rotatable bonds is 3. The van der Waals surface area contributed by atoms with E-state index in [0.29, 0.717) is 22.0 Å². The molecule has 0 fully saturated rings. The van der Waals surface area contributed by atoms with Crippen molar-refractivity contribution < 1.29 is 9.59 Å². The quantitative estimate of drug-likeness (QED) is 0.759. The zero-order valence-corrected chi connectivity index (χ0v) is 12.3. The molecule has 0 aliphatic rings. The number of aromatic nitrogens is 1. The van der Waals surface area contributed by atoms with Gasteiger partial charge in [-0.05, 0) is 30.3 Å². The molecule has 0 aliphatic heterocycles. The van der Waals surface area contributed by atoms with Crippen molar-refractivity contribution in [2.45, 2.75) is 0 Å². The number of nitrogens with one attached hydrogen (secondary N) is 1. The Balaban J connectivity index is 2.10. The van der Waals surface area contributed by atoms with Gasteiger partial charge in [-0.3, -0.25) is 9.78 Å². The second-order valence-electron chi connectivity index (χ2n) is 4.04. The van der Waals surface area contributed by atoms with Crippen molar-refractivity contribution in [1.29, 1.82) is 0 Å². The van der Waals surface area contributed by atoms with Gasteiger partial charge in [0.1, 0.15) is 0 Å². The van der Waals surface area contributed by atoms with Crippen LogP contribution in [-0.2, 0) is 0 Å². The van der Waals surface area contributed by atoms with Crippen molar-refractivity contribution in [1.82, 2.24) is 4.98 Å². The van der Waals surface area contributed by atoms with Gasteiger partial charge in [-0.25, -0.2) is 9.10 Å².